The van der Waals surface area contributed by atoms with Crippen molar-refractivity contribution in [3.05, 3.63) is 118 Å². The Hall–Kier alpha value is -6.15. The van der Waals surface area contributed by atoms with Gasteiger partial charge in [0.2, 0.25) is 0 Å². The van der Waals surface area contributed by atoms with Gasteiger partial charge in [0, 0.05) is 105 Å². The number of aromatic amines is 4. The lowest BCUT2D eigenvalue weighted by Gasteiger charge is -2.27. The zero-order valence-corrected chi connectivity index (χ0v) is 32.8. The van der Waals surface area contributed by atoms with E-state index >= 15 is 0 Å². The van der Waals surface area contributed by atoms with E-state index < -0.39 is 12.1 Å². The molecule has 0 spiro atoms. The van der Waals surface area contributed by atoms with E-state index in [1.165, 1.54) is 0 Å². The van der Waals surface area contributed by atoms with Gasteiger partial charge >= 0.3 is 6.03 Å². The van der Waals surface area contributed by atoms with Crippen LogP contribution in [0.25, 0.3) is 32.7 Å². The second-order valence-electron chi connectivity index (χ2n) is 15.5. The molecule has 2 unspecified atom stereocenters. The van der Waals surface area contributed by atoms with Crippen molar-refractivity contribution in [3.8, 4) is 5.75 Å². The van der Waals surface area contributed by atoms with Gasteiger partial charge in [0.25, 0.3) is 11.8 Å². The van der Waals surface area contributed by atoms with Crippen LogP contribution in [0.4, 0.5) is 21.9 Å². The number of anilines is 3. The number of aryl methyl sites for hydroxylation is 2. The number of carbonyl (C=O) groups is 3. The van der Waals surface area contributed by atoms with E-state index in [1.807, 2.05) is 26.2 Å². The van der Waals surface area contributed by atoms with Crippen LogP contribution in [-0.4, -0.2) is 77.7 Å². The molecule has 1 aliphatic carbocycles. The molecule has 58 heavy (non-hydrogen) atoms. The molecule has 3 aliphatic rings. The number of nitrogens with one attached hydrogen (secondary N) is 6. The van der Waals surface area contributed by atoms with Gasteiger partial charge in [-0.15, -0.1) is 23.2 Å². The first kappa shape index (κ1) is 36.2. The van der Waals surface area contributed by atoms with Crippen molar-refractivity contribution >= 4 is 90.8 Å². The number of phenolic OH excluding ortho intramolecular Hbond substituents is 1. The molecule has 7 aromatic rings. The molecule has 0 saturated carbocycles. The van der Waals surface area contributed by atoms with Crippen LogP contribution in [0.2, 0.25) is 0 Å². The lowest BCUT2D eigenvalue weighted by molar-refractivity contribution is 0.0812. The summed E-state index contributed by atoms with van der Waals surface area (Å²) < 4.78 is 0. The van der Waals surface area contributed by atoms with Crippen LogP contribution >= 0.6 is 23.2 Å². The molecule has 15 heteroatoms. The van der Waals surface area contributed by atoms with Crippen molar-refractivity contribution in [1.29, 1.82) is 0 Å². The Morgan fingerprint density at radius 1 is 0.793 bits per heavy atom. The number of fused-ring (bicyclic) bond motifs is 8. The number of allylic oxidation sites excluding steroid dienone is 1. The lowest BCUT2D eigenvalue weighted by atomic mass is 9.81. The molecule has 3 aromatic carbocycles. The van der Waals surface area contributed by atoms with Crippen molar-refractivity contribution in [2.45, 2.75) is 31.8 Å². The molecule has 1 saturated heterocycles. The molecule has 6 heterocycles. The fourth-order valence-corrected chi connectivity index (χ4v) is 9.83. The molecule has 0 bridgehead atoms. The number of aromatic hydroxyl groups is 1. The first-order chi connectivity index (χ1) is 28.0. The second kappa shape index (κ2) is 13.5. The molecule has 10 rings (SSSR count). The van der Waals surface area contributed by atoms with Crippen molar-refractivity contribution < 1.29 is 24.6 Å². The molecule has 4 amide bonds. The molecule has 1 fully saturated rings. The summed E-state index contributed by atoms with van der Waals surface area (Å²) in [5, 5.41) is 29.8. The van der Waals surface area contributed by atoms with Gasteiger partial charge in [-0.05, 0) is 90.7 Å². The van der Waals surface area contributed by atoms with Crippen LogP contribution in [-0.2, 0) is 0 Å². The molecule has 4 atom stereocenters. The number of nitrogens with zero attached hydrogens (tertiary/aromatic N) is 2. The topological polar surface area (TPSA) is 185 Å². The maximum Gasteiger partial charge on any atom is 0.323 e. The SMILES string of the molecule is Cc1c[nH]c2c1C1C(=CC2O)N(C(=O)c2cc3cc(NC(=O)Nc4ccc5[nH]c(C(=O)N6C[C@@H](CCl)c7c6cc(O)c6[nH]cc(C)c76)cc5c4)ccc3[nH]2)C[C@H]1CCl. The number of hydrogen-bond donors (Lipinski definition) is 8. The Labute approximate surface area is 341 Å². The van der Waals surface area contributed by atoms with Gasteiger partial charge in [-0.3, -0.25) is 9.59 Å². The smallest absolute Gasteiger partial charge is 0.323 e. The van der Waals surface area contributed by atoms with Gasteiger partial charge < -0.3 is 50.6 Å². The number of phenols is 1. The van der Waals surface area contributed by atoms with Gasteiger partial charge in [0.05, 0.1) is 16.9 Å². The number of amides is 4. The molecule has 2 aliphatic heterocycles. The summed E-state index contributed by atoms with van der Waals surface area (Å²) in [7, 11) is 0. The maximum absolute atomic E-state index is 14.0. The lowest BCUT2D eigenvalue weighted by Crippen LogP contribution is -2.30. The van der Waals surface area contributed by atoms with E-state index in [2.05, 4.69) is 30.6 Å². The predicted molar refractivity (Wildman–Crippen MR) is 226 cm³/mol. The second-order valence-corrected chi connectivity index (χ2v) is 16.1. The largest absolute Gasteiger partial charge is 0.506 e. The quantitative estimate of drug-likeness (QED) is 0.0782. The van der Waals surface area contributed by atoms with E-state index in [1.54, 1.807) is 70.5 Å². The molecule has 4 aromatic heterocycles. The van der Waals surface area contributed by atoms with Crippen molar-refractivity contribution in [3.63, 3.8) is 0 Å². The van der Waals surface area contributed by atoms with Crippen molar-refractivity contribution in [2.75, 3.05) is 40.4 Å². The Balaban J connectivity index is 0.839. The third-order valence-corrected chi connectivity index (χ3v) is 12.7. The fourth-order valence-electron chi connectivity index (χ4n) is 9.31. The third-order valence-electron chi connectivity index (χ3n) is 12.0. The molecule has 8 N–H and O–H groups in total. The molecule has 0 radical (unpaired) electrons. The van der Waals surface area contributed by atoms with Gasteiger partial charge in [-0.1, -0.05) is 0 Å². The molecule has 294 valence electrons. The standard InChI is InChI=1S/C43H38Cl2N8O5/c1-19-15-46-39-33(54)11-31-37(35(19)39)23(13-44)17-52(31)41(56)29-9-21-7-25(3-5-27(21)50-29)48-43(58)49-26-4-6-28-22(8-26)10-30(51-28)42(57)53-18-24(14-45)38-32(53)12-34(55)40-36(38)20(2)16-47-40/h3-12,15-16,23-24,33,37,46-47,50-51,54-55H,13-14,17-18H2,1-2H3,(H2,48,49,58)/t23-,24-,33?,37?/m1/s1. The van der Waals surface area contributed by atoms with Crippen molar-refractivity contribution in [2.24, 2.45) is 5.92 Å². The highest BCUT2D eigenvalue weighted by molar-refractivity contribution is 6.19. The van der Waals surface area contributed by atoms with Crippen molar-refractivity contribution in [1.82, 2.24) is 24.8 Å². The number of aliphatic hydroxyl groups is 1. The van der Waals surface area contributed by atoms with Crippen LogP contribution in [0.3, 0.4) is 0 Å². The third kappa shape index (κ3) is 5.59. The number of H-pyrrole nitrogens is 4. The fraction of sp³-hybridized carbons (Fsp3) is 0.233. The van der Waals surface area contributed by atoms with E-state index in [0.717, 1.165) is 55.3 Å². The Morgan fingerprint density at radius 3 is 2.07 bits per heavy atom. The zero-order chi connectivity index (χ0) is 40.1. The molecular weight excluding hydrogens is 779 g/mol. The minimum absolute atomic E-state index is 0.00597. The van der Waals surface area contributed by atoms with Gasteiger partial charge in [-0.25, -0.2) is 4.79 Å². The molecule has 13 nitrogen and oxygen atoms in total. The summed E-state index contributed by atoms with van der Waals surface area (Å²) >= 11 is 12.8. The number of aromatic nitrogens is 4. The minimum atomic E-state index is -0.852. The van der Waals surface area contributed by atoms with Crippen LogP contribution in [0.1, 0.15) is 66.9 Å². The first-order valence-electron chi connectivity index (χ1n) is 19.0. The van der Waals surface area contributed by atoms with Crippen LogP contribution in [0.5, 0.6) is 5.75 Å². The Bertz CT molecular complexity index is 2900. The summed E-state index contributed by atoms with van der Waals surface area (Å²) in [4.78, 5) is 57.3. The highest BCUT2D eigenvalue weighted by Crippen LogP contribution is 2.50. The number of alkyl halides is 2. The van der Waals surface area contributed by atoms with E-state index in [4.69, 9.17) is 23.2 Å². The number of benzene rings is 3. The average Bonchev–Trinajstić information content (AvgIpc) is 4.06. The number of rotatable bonds is 6. The summed E-state index contributed by atoms with van der Waals surface area (Å²) in [6.45, 7) is 4.75. The maximum atomic E-state index is 14.0. The van der Waals surface area contributed by atoms with Crippen LogP contribution < -0.4 is 15.5 Å². The number of halogens is 2. The Morgan fingerprint density at radius 2 is 1.43 bits per heavy atom. The summed E-state index contributed by atoms with van der Waals surface area (Å²) in [6.07, 6.45) is 4.61. The highest BCUT2D eigenvalue weighted by Gasteiger charge is 2.46. The summed E-state index contributed by atoms with van der Waals surface area (Å²) in [5.41, 5.74) is 9.94. The summed E-state index contributed by atoms with van der Waals surface area (Å²) in [5.74, 6) is 0.0688. The number of carbonyl (C=O) groups excluding carboxylic acids is 3. The minimum Gasteiger partial charge on any atom is -0.506 e. The van der Waals surface area contributed by atoms with Gasteiger partial charge in [-0.2, -0.15) is 0 Å². The average molecular weight is 818 g/mol. The van der Waals surface area contributed by atoms with E-state index in [-0.39, 0.29) is 35.3 Å². The number of urea groups is 1. The van der Waals surface area contributed by atoms with Crippen LogP contribution in [0, 0.1) is 19.8 Å². The van der Waals surface area contributed by atoms with E-state index in [9.17, 15) is 24.6 Å². The normalized spacial score (nSPS) is 19.8. The monoisotopic (exact) mass is 816 g/mol. The highest BCUT2D eigenvalue weighted by atomic mass is 35.5. The van der Waals surface area contributed by atoms with E-state index in [0.29, 0.717) is 64.3 Å². The van der Waals surface area contributed by atoms with Crippen LogP contribution in [0.15, 0.2) is 78.8 Å². The molecular formula is C43H38Cl2N8O5. The predicted octanol–water partition coefficient (Wildman–Crippen LogP) is 8.43. The van der Waals surface area contributed by atoms with Gasteiger partial charge in [0.1, 0.15) is 23.2 Å². The number of aliphatic hydroxyl groups excluding tert-OH is 1. The summed E-state index contributed by atoms with van der Waals surface area (Å²) in [6, 6.07) is 15.3. The number of likely N-dealkylation sites (tertiary alicyclic amines) is 1. The zero-order valence-electron chi connectivity index (χ0n) is 31.3. The number of hydrogen-bond acceptors (Lipinski definition) is 5. The first-order valence-corrected chi connectivity index (χ1v) is 20.1. The van der Waals surface area contributed by atoms with Gasteiger partial charge in [0.15, 0.2) is 0 Å². The Kier molecular flexibility index (Phi) is 8.41.